The van der Waals surface area contributed by atoms with Crippen LogP contribution in [0, 0.1) is 5.92 Å². The molecule has 3 nitrogen and oxygen atoms in total. The lowest BCUT2D eigenvalue weighted by Crippen LogP contribution is -2.40. The molecule has 1 aliphatic rings. The highest BCUT2D eigenvalue weighted by molar-refractivity contribution is 5.75. The lowest BCUT2D eigenvalue weighted by Gasteiger charge is -2.24. The zero-order valence-corrected chi connectivity index (χ0v) is 10.2. The topological polar surface area (TPSA) is 29.5 Å². The third-order valence-corrected chi connectivity index (χ3v) is 3.28. The molecule has 1 rings (SSSR count). The second kappa shape index (κ2) is 6.11. The molecule has 2 atom stereocenters. The third-order valence-electron chi connectivity index (χ3n) is 3.28. The van der Waals surface area contributed by atoms with Crippen molar-refractivity contribution in [1.82, 2.24) is 4.90 Å². The molecule has 3 heteroatoms. The fourth-order valence-corrected chi connectivity index (χ4v) is 2.29. The van der Waals surface area contributed by atoms with Gasteiger partial charge in [0.05, 0.1) is 6.61 Å². The zero-order valence-electron chi connectivity index (χ0n) is 10.2. The lowest BCUT2D eigenvalue weighted by molar-refractivity contribution is -0.149. The van der Waals surface area contributed by atoms with Crippen LogP contribution >= 0.6 is 0 Å². The van der Waals surface area contributed by atoms with Gasteiger partial charge in [-0.3, -0.25) is 9.69 Å². The minimum Gasteiger partial charge on any atom is -0.465 e. The van der Waals surface area contributed by atoms with Crippen molar-refractivity contribution in [1.29, 1.82) is 0 Å². The van der Waals surface area contributed by atoms with E-state index in [1.807, 2.05) is 6.92 Å². The van der Waals surface area contributed by atoms with Crippen molar-refractivity contribution in [3.05, 3.63) is 0 Å². The zero-order chi connectivity index (χ0) is 11.3. The minimum absolute atomic E-state index is 0.0125. The fraction of sp³-hybridized carbons (Fsp3) is 0.917. The molecule has 15 heavy (non-hydrogen) atoms. The van der Waals surface area contributed by atoms with E-state index in [1.165, 1.54) is 12.8 Å². The van der Waals surface area contributed by atoms with Crippen LogP contribution in [0.5, 0.6) is 0 Å². The van der Waals surface area contributed by atoms with Gasteiger partial charge in [-0.15, -0.1) is 0 Å². The Kier molecular flexibility index (Phi) is 5.09. The molecule has 0 aromatic carbocycles. The summed E-state index contributed by atoms with van der Waals surface area (Å²) in [7, 11) is 0. The number of nitrogens with zero attached hydrogens (tertiary/aromatic N) is 1. The molecule has 0 aromatic heterocycles. The molecule has 2 unspecified atom stereocenters. The predicted octanol–water partition coefficient (Wildman–Crippen LogP) is 2.06. The van der Waals surface area contributed by atoms with E-state index in [0.717, 1.165) is 25.4 Å². The Labute approximate surface area is 92.8 Å². The van der Waals surface area contributed by atoms with Crippen molar-refractivity contribution in [3.63, 3.8) is 0 Å². The van der Waals surface area contributed by atoms with Gasteiger partial charge in [-0.05, 0) is 32.2 Å². The number of likely N-dealkylation sites (tertiary alicyclic amines) is 1. The molecule has 0 saturated carbocycles. The van der Waals surface area contributed by atoms with Gasteiger partial charge in [0, 0.05) is 6.54 Å². The van der Waals surface area contributed by atoms with Crippen molar-refractivity contribution < 1.29 is 9.53 Å². The standard InChI is InChI=1S/C12H23NO2/c1-4-10-7-8-13(9-10)11(5-2)12(14)15-6-3/h10-11H,4-9H2,1-3H3. The van der Waals surface area contributed by atoms with E-state index in [0.29, 0.717) is 6.61 Å². The van der Waals surface area contributed by atoms with Crippen LogP contribution in [-0.4, -0.2) is 36.6 Å². The minimum atomic E-state index is -0.0447. The molecule has 0 bridgehead atoms. The summed E-state index contributed by atoms with van der Waals surface area (Å²) in [5.41, 5.74) is 0. The van der Waals surface area contributed by atoms with Gasteiger partial charge in [0.25, 0.3) is 0 Å². The SMILES string of the molecule is CCOC(=O)C(CC)N1CCC(CC)C1. The average molecular weight is 213 g/mol. The van der Waals surface area contributed by atoms with Crippen molar-refractivity contribution in [2.45, 2.75) is 46.1 Å². The van der Waals surface area contributed by atoms with Crippen molar-refractivity contribution in [2.24, 2.45) is 5.92 Å². The summed E-state index contributed by atoms with van der Waals surface area (Å²) < 4.78 is 5.10. The number of ether oxygens (including phenoxy) is 1. The van der Waals surface area contributed by atoms with Gasteiger partial charge in [-0.1, -0.05) is 20.3 Å². The molecule has 0 radical (unpaired) electrons. The van der Waals surface area contributed by atoms with Crippen molar-refractivity contribution >= 4 is 5.97 Å². The molecule has 1 fully saturated rings. The second-order valence-electron chi connectivity index (χ2n) is 4.23. The van der Waals surface area contributed by atoms with Crippen LogP contribution in [0.2, 0.25) is 0 Å². The van der Waals surface area contributed by atoms with Gasteiger partial charge in [0.15, 0.2) is 0 Å². The summed E-state index contributed by atoms with van der Waals surface area (Å²) in [5.74, 6) is 0.727. The highest BCUT2D eigenvalue weighted by Crippen LogP contribution is 2.22. The van der Waals surface area contributed by atoms with Gasteiger partial charge in [0.2, 0.25) is 0 Å². The maximum absolute atomic E-state index is 11.7. The molecule has 1 aliphatic heterocycles. The molecular weight excluding hydrogens is 190 g/mol. The normalized spacial score (nSPS) is 24.1. The summed E-state index contributed by atoms with van der Waals surface area (Å²) in [6, 6.07) is -0.0125. The highest BCUT2D eigenvalue weighted by atomic mass is 16.5. The first-order valence-corrected chi connectivity index (χ1v) is 6.13. The number of hydrogen-bond donors (Lipinski definition) is 0. The lowest BCUT2D eigenvalue weighted by atomic mass is 10.1. The van der Waals surface area contributed by atoms with E-state index in [-0.39, 0.29) is 12.0 Å². The molecule has 88 valence electrons. The highest BCUT2D eigenvalue weighted by Gasteiger charge is 2.31. The Morgan fingerprint density at radius 1 is 1.47 bits per heavy atom. The van der Waals surface area contributed by atoms with E-state index in [1.54, 1.807) is 0 Å². The monoisotopic (exact) mass is 213 g/mol. The fourth-order valence-electron chi connectivity index (χ4n) is 2.29. The molecule has 0 amide bonds. The molecule has 0 N–H and O–H groups in total. The first kappa shape index (κ1) is 12.5. The van der Waals surface area contributed by atoms with Crippen LogP contribution < -0.4 is 0 Å². The third kappa shape index (κ3) is 3.20. The second-order valence-corrected chi connectivity index (χ2v) is 4.23. The van der Waals surface area contributed by atoms with Crippen LogP contribution in [0.25, 0.3) is 0 Å². The summed E-state index contributed by atoms with van der Waals surface area (Å²) in [4.78, 5) is 14.0. The van der Waals surface area contributed by atoms with E-state index >= 15 is 0 Å². The van der Waals surface area contributed by atoms with Gasteiger partial charge < -0.3 is 4.74 Å². The number of hydrogen-bond acceptors (Lipinski definition) is 3. The predicted molar refractivity (Wildman–Crippen MR) is 60.7 cm³/mol. The molecular formula is C12H23NO2. The Hall–Kier alpha value is -0.570. The molecule has 1 heterocycles. The summed E-state index contributed by atoms with van der Waals surface area (Å²) in [6.45, 7) is 8.74. The van der Waals surface area contributed by atoms with Gasteiger partial charge >= 0.3 is 5.97 Å². The van der Waals surface area contributed by atoms with E-state index < -0.39 is 0 Å². The quantitative estimate of drug-likeness (QED) is 0.655. The largest absolute Gasteiger partial charge is 0.465 e. The van der Waals surface area contributed by atoms with E-state index in [4.69, 9.17) is 4.74 Å². The Bertz CT molecular complexity index is 206. The maximum Gasteiger partial charge on any atom is 0.323 e. The summed E-state index contributed by atoms with van der Waals surface area (Å²) in [6.07, 6.45) is 3.30. The number of esters is 1. The molecule has 0 spiro atoms. The van der Waals surface area contributed by atoms with Crippen molar-refractivity contribution in [3.8, 4) is 0 Å². The number of rotatable bonds is 5. The molecule has 0 aliphatic carbocycles. The van der Waals surface area contributed by atoms with Crippen LogP contribution in [-0.2, 0) is 9.53 Å². The van der Waals surface area contributed by atoms with Gasteiger partial charge in [-0.2, -0.15) is 0 Å². The summed E-state index contributed by atoms with van der Waals surface area (Å²) in [5, 5.41) is 0. The van der Waals surface area contributed by atoms with E-state index in [9.17, 15) is 4.79 Å². The van der Waals surface area contributed by atoms with Crippen LogP contribution in [0.3, 0.4) is 0 Å². The number of carbonyl (C=O) groups is 1. The first-order chi connectivity index (χ1) is 7.22. The molecule has 0 aromatic rings. The van der Waals surface area contributed by atoms with Gasteiger partial charge in [-0.25, -0.2) is 0 Å². The number of carbonyl (C=O) groups excluding carboxylic acids is 1. The van der Waals surface area contributed by atoms with E-state index in [2.05, 4.69) is 18.7 Å². The Balaban J connectivity index is 2.48. The maximum atomic E-state index is 11.7. The van der Waals surface area contributed by atoms with Crippen LogP contribution in [0.15, 0.2) is 0 Å². The average Bonchev–Trinajstić information content (AvgIpc) is 2.68. The smallest absolute Gasteiger partial charge is 0.323 e. The molecule has 1 saturated heterocycles. The Morgan fingerprint density at radius 2 is 2.20 bits per heavy atom. The van der Waals surface area contributed by atoms with Crippen LogP contribution in [0.4, 0.5) is 0 Å². The van der Waals surface area contributed by atoms with Crippen LogP contribution in [0.1, 0.15) is 40.0 Å². The first-order valence-electron chi connectivity index (χ1n) is 6.13. The Morgan fingerprint density at radius 3 is 2.67 bits per heavy atom. The van der Waals surface area contributed by atoms with Gasteiger partial charge in [0.1, 0.15) is 6.04 Å². The van der Waals surface area contributed by atoms with Crippen molar-refractivity contribution in [2.75, 3.05) is 19.7 Å². The summed E-state index contributed by atoms with van der Waals surface area (Å²) >= 11 is 0.